The van der Waals surface area contributed by atoms with Crippen LogP contribution in [-0.4, -0.2) is 53.8 Å². The molecule has 2 aromatic rings. The molecule has 0 bridgehead atoms. The number of carbonyl (C=O) groups excluding carboxylic acids is 3. The molecular formula is C22H21ClN2O4. The molecule has 0 aromatic heterocycles. The molecule has 1 atom stereocenters. The van der Waals surface area contributed by atoms with Gasteiger partial charge in [-0.15, -0.1) is 0 Å². The third kappa shape index (κ3) is 3.78. The highest BCUT2D eigenvalue weighted by Gasteiger charge is 2.38. The summed E-state index contributed by atoms with van der Waals surface area (Å²) in [5.41, 5.74) is 1.79. The van der Waals surface area contributed by atoms with E-state index in [-0.39, 0.29) is 35.9 Å². The number of amides is 3. The number of halogens is 1. The Kier molecular flexibility index (Phi) is 5.39. The minimum Gasteiger partial charge on any atom is -0.376 e. The molecule has 1 saturated heterocycles. The number of nitrogens with zero attached hydrogens (tertiary/aromatic N) is 2. The molecule has 150 valence electrons. The monoisotopic (exact) mass is 412 g/mol. The predicted octanol–water partition coefficient (Wildman–Crippen LogP) is 3.39. The van der Waals surface area contributed by atoms with Crippen LogP contribution in [0.1, 0.15) is 49.5 Å². The van der Waals surface area contributed by atoms with Gasteiger partial charge in [0.1, 0.15) is 0 Å². The molecule has 0 spiro atoms. The average Bonchev–Trinajstić information content (AvgIpc) is 3.32. The first-order valence-corrected chi connectivity index (χ1v) is 9.94. The number of benzene rings is 2. The van der Waals surface area contributed by atoms with Crippen LogP contribution in [-0.2, 0) is 11.3 Å². The van der Waals surface area contributed by atoms with E-state index in [1.807, 2.05) is 18.2 Å². The molecule has 6 nitrogen and oxygen atoms in total. The van der Waals surface area contributed by atoms with Crippen molar-refractivity contribution in [1.29, 1.82) is 0 Å². The number of rotatable bonds is 5. The third-order valence-electron chi connectivity index (χ3n) is 5.34. The van der Waals surface area contributed by atoms with Gasteiger partial charge in [0, 0.05) is 30.8 Å². The minimum atomic E-state index is -0.371. The van der Waals surface area contributed by atoms with Crippen molar-refractivity contribution in [2.75, 3.05) is 20.2 Å². The molecule has 0 radical (unpaired) electrons. The second-order valence-corrected chi connectivity index (χ2v) is 7.78. The summed E-state index contributed by atoms with van der Waals surface area (Å²) in [5.74, 6) is -0.946. The molecule has 1 fully saturated rings. The third-order valence-corrected chi connectivity index (χ3v) is 5.71. The van der Waals surface area contributed by atoms with E-state index >= 15 is 0 Å². The summed E-state index contributed by atoms with van der Waals surface area (Å²) in [6, 6.07) is 12.0. The van der Waals surface area contributed by atoms with Gasteiger partial charge in [-0.25, -0.2) is 0 Å². The summed E-state index contributed by atoms with van der Waals surface area (Å²) >= 11 is 6.18. The number of hydrogen-bond acceptors (Lipinski definition) is 4. The van der Waals surface area contributed by atoms with Gasteiger partial charge in [0.2, 0.25) is 0 Å². The fourth-order valence-corrected chi connectivity index (χ4v) is 3.95. The Labute approximate surface area is 174 Å². The number of carbonyl (C=O) groups is 3. The van der Waals surface area contributed by atoms with Crippen LogP contribution >= 0.6 is 11.6 Å². The summed E-state index contributed by atoms with van der Waals surface area (Å²) in [7, 11) is 1.68. The fourth-order valence-electron chi connectivity index (χ4n) is 3.76. The van der Waals surface area contributed by atoms with Crippen molar-refractivity contribution >= 4 is 29.3 Å². The molecule has 29 heavy (non-hydrogen) atoms. The Balaban J connectivity index is 1.52. The van der Waals surface area contributed by atoms with Crippen LogP contribution in [0.2, 0.25) is 5.02 Å². The van der Waals surface area contributed by atoms with Crippen molar-refractivity contribution in [3.8, 4) is 0 Å². The van der Waals surface area contributed by atoms with E-state index in [1.165, 1.54) is 15.9 Å². The number of hydrogen-bond donors (Lipinski definition) is 0. The van der Waals surface area contributed by atoms with E-state index in [0.717, 1.165) is 18.4 Å². The number of fused-ring (bicyclic) bond motifs is 1. The molecule has 0 N–H and O–H groups in total. The standard InChI is InChI=1S/C22H21ClN2O4/c1-24(12-15-5-2-3-7-19(15)23)20(26)14-8-9-17-18(11-14)22(28)25(21(17)27)13-16-6-4-10-29-16/h2-3,5,7-9,11,16H,4,6,10,12-13H2,1H3/t16-/m0/s1. The van der Waals surface area contributed by atoms with Gasteiger partial charge < -0.3 is 9.64 Å². The highest BCUT2D eigenvalue weighted by molar-refractivity contribution is 6.31. The molecular weight excluding hydrogens is 392 g/mol. The highest BCUT2D eigenvalue weighted by Crippen LogP contribution is 2.27. The van der Waals surface area contributed by atoms with Gasteiger partial charge in [-0.3, -0.25) is 19.3 Å². The second-order valence-electron chi connectivity index (χ2n) is 7.37. The van der Waals surface area contributed by atoms with Crippen molar-refractivity contribution in [1.82, 2.24) is 9.80 Å². The van der Waals surface area contributed by atoms with Crippen molar-refractivity contribution in [3.63, 3.8) is 0 Å². The second kappa shape index (κ2) is 7.97. The maximum Gasteiger partial charge on any atom is 0.261 e. The summed E-state index contributed by atoms with van der Waals surface area (Å²) < 4.78 is 5.55. The van der Waals surface area contributed by atoms with Gasteiger partial charge in [0.15, 0.2) is 0 Å². The highest BCUT2D eigenvalue weighted by atomic mass is 35.5. The Morgan fingerprint density at radius 3 is 2.66 bits per heavy atom. The summed E-state index contributed by atoms with van der Waals surface area (Å²) in [6.07, 6.45) is 1.66. The quantitative estimate of drug-likeness (QED) is 0.706. The maximum absolute atomic E-state index is 12.9. The van der Waals surface area contributed by atoms with Crippen LogP contribution in [0.25, 0.3) is 0 Å². The number of ether oxygens (including phenoxy) is 1. The van der Waals surface area contributed by atoms with Gasteiger partial charge in [-0.2, -0.15) is 0 Å². The molecule has 2 heterocycles. The summed E-state index contributed by atoms with van der Waals surface area (Å²) in [4.78, 5) is 41.0. The van der Waals surface area contributed by atoms with E-state index in [2.05, 4.69) is 0 Å². The zero-order chi connectivity index (χ0) is 20.5. The first-order valence-electron chi connectivity index (χ1n) is 9.56. The Hall–Kier alpha value is -2.70. The van der Waals surface area contributed by atoms with E-state index < -0.39 is 0 Å². The summed E-state index contributed by atoms with van der Waals surface area (Å²) in [5, 5.41) is 0.589. The predicted molar refractivity (Wildman–Crippen MR) is 108 cm³/mol. The topological polar surface area (TPSA) is 66.9 Å². The van der Waals surface area contributed by atoms with E-state index in [1.54, 1.807) is 25.2 Å². The van der Waals surface area contributed by atoms with Crippen LogP contribution < -0.4 is 0 Å². The fraction of sp³-hybridized carbons (Fsp3) is 0.318. The zero-order valence-electron chi connectivity index (χ0n) is 16.1. The van der Waals surface area contributed by atoms with Gasteiger partial charge >= 0.3 is 0 Å². The van der Waals surface area contributed by atoms with Crippen LogP contribution in [0.3, 0.4) is 0 Å². The SMILES string of the molecule is CN(Cc1ccccc1Cl)C(=O)c1ccc2c(c1)C(=O)N(C[C@@H]1CCCO1)C2=O. The maximum atomic E-state index is 12.9. The van der Waals surface area contributed by atoms with Gasteiger partial charge in [0.05, 0.1) is 23.8 Å². The average molecular weight is 413 g/mol. The van der Waals surface area contributed by atoms with Crippen LogP contribution in [0.15, 0.2) is 42.5 Å². The van der Waals surface area contributed by atoms with Gasteiger partial charge in [0.25, 0.3) is 17.7 Å². The smallest absolute Gasteiger partial charge is 0.261 e. The lowest BCUT2D eigenvalue weighted by atomic mass is 10.0. The van der Waals surface area contributed by atoms with Crippen molar-refractivity contribution < 1.29 is 19.1 Å². The molecule has 0 saturated carbocycles. The first kappa shape index (κ1) is 19.6. The normalized spacial score (nSPS) is 18.3. The molecule has 2 aliphatic rings. The van der Waals surface area contributed by atoms with Gasteiger partial charge in [-0.05, 0) is 42.7 Å². The van der Waals surface area contributed by atoms with E-state index in [9.17, 15) is 14.4 Å². The van der Waals surface area contributed by atoms with Gasteiger partial charge in [-0.1, -0.05) is 29.8 Å². The van der Waals surface area contributed by atoms with Crippen molar-refractivity contribution in [3.05, 3.63) is 69.7 Å². The molecule has 2 aromatic carbocycles. The Bertz CT molecular complexity index is 985. The van der Waals surface area contributed by atoms with E-state index in [4.69, 9.17) is 16.3 Å². The lowest BCUT2D eigenvalue weighted by Crippen LogP contribution is -2.36. The molecule has 4 rings (SSSR count). The molecule has 0 aliphatic carbocycles. The lowest BCUT2D eigenvalue weighted by molar-refractivity contribution is 0.0475. The van der Waals surface area contributed by atoms with Crippen molar-refractivity contribution in [2.24, 2.45) is 0 Å². The van der Waals surface area contributed by atoms with Crippen LogP contribution in [0, 0.1) is 0 Å². The lowest BCUT2D eigenvalue weighted by Gasteiger charge is -2.18. The van der Waals surface area contributed by atoms with Crippen molar-refractivity contribution in [2.45, 2.75) is 25.5 Å². The first-order chi connectivity index (χ1) is 14.0. The minimum absolute atomic E-state index is 0.111. The molecule has 0 unspecified atom stereocenters. The van der Waals surface area contributed by atoms with E-state index in [0.29, 0.717) is 29.3 Å². The molecule has 7 heteroatoms. The molecule has 2 aliphatic heterocycles. The molecule has 3 amide bonds. The number of imide groups is 1. The zero-order valence-corrected chi connectivity index (χ0v) is 16.8. The summed E-state index contributed by atoms with van der Waals surface area (Å²) in [6.45, 7) is 1.25. The van der Waals surface area contributed by atoms with Crippen LogP contribution in [0.4, 0.5) is 0 Å². The Morgan fingerprint density at radius 1 is 1.17 bits per heavy atom. The largest absolute Gasteiger partial charge is 0.376 e. The van der Waals surface area contributed by atoms with Crippen LogP contribution in [0.5, 0.6) is 0 Å². The Morgan fingerprint density at radius 2 is 1.93 bits per heavy atom.